The highest BCUT2D eigenvalue weighted by Crippen LogP contribution is 2.23. The van der Waals surface area contributed by atoms with E-state index in [0.717, 1.165) is 25.8 Å². The lowest BCUT2D eigenvalue weighted by Gasteiger charge is -2.29. The Balaban J connectivity index is 2.14. The van der Waals surface area contributed by atoms with Crippen LogP contribution < -0.4 is 5.32 Å². The molecule has 1 aliphatic carbocycles. The van der Waals surface area contributed by atoms with Crippen molar-refractivity contribution in [1.29, 1.82) is 0 Å². The van der Waals surface area contributed by atoms with Crippen molar-refractivity contribution in [2.24, 2.45) is 5.92 Å². The molecule has 1 fully saturated rings. The van der Waals surface area contributed by atoms with Crippen molar-refractivity contribution >= 4 is 0 Å². The third kappa shape index (κ3) is 4.80. The van der Waals surface area contributed by atoms with E-state index in [1.807, 2.05) is 6.08 Å². The standard InChI is InChI=1S/C13H25NO/c1-3-4-7-11(2)14-10-12-8-5-6-9-13(12)15/h3,11-15H,1,4-10H2,2H3. The van der Waals surface area contributed by atoms with Crippen LogP contribution in [0.25, 0.3) is 0 Å². The van der Waals surface area contributed by atoms with Crippen LogP contribution in [0.4, 0.5) is 0 Å². The van der Waals surface area contributed by atoms with Gasteiger partial charge < -0.3 is 10.4 Å². The number of hydrogen-bond donors (Lipinski definition) is 2. The molecule has 1 saturated carbocycles. The van der Waals surface area contributed by atoms with E-state index in [4.69, 9.17) is 0 Å². The van der Waals surface area contributed by atoms with Crippen molar-refractivity contribution in [2.45, 2.75) is 57.6 Å². The van der Waals surface area contributed by atoms with Gasteiger partial charge in [0.05, 0.1) is 6.10 Å². The van der Waals surface area contributed by atoms with Gasteiger partial charge in [0.15, 0.2) is 0 Å². The number of aliphatic hydroxyl groups is 1. The van der Waals surface area contributed by atoms with Gasteiger partial charge in [-0.15, -0.1) is 6.58 Å². The first-order valence-electron chi connectivity index (χ1n) is 6.26. The van der Waals surface area contributed by atoms with E-state index in [-0.39, 0.29) is 6.10 Å². The number of hydrogen-bond acceptors (Lipinski definition) is 2. The summed E-state index contributed by atoms with van der Waals surface area (Å²) in [5.74, 6) is 0.477. The molecule has 3 atom stereocenters. The van der Waals surface area contributed by atoms with Gasteiger partial charge in [-0.05, 0) is 38.5 Å². The average Bonchev–Trinajstić information content (AvgIpc) is 2.25. The van der Waals surface area contributed by atoms with Crippen molar-refractivity contribution in [3.8, 4) is 0 Å². The molecule has 0 radical (unpaired) electrons. The third-order valence-electron chi connectivity index (χ3n) is 3.40. The van der Waals surface area contributed by atoms with Crippen molar-refractivity contribution in [3.05, 3.63) is 12.7 Å². The Kier molecular flexibility index (Phi) is 5.96. The second kappa shape index (κ2) is 7.02. The summed E-state index contributed by atoms with van der Waals surface area (Å²) in [6, 6.07) is 0.539. The maximum Gasteiger partial charge on any atom is 0.0580 e. The molecule has 0 bridgehead atoms. The minimum absolute atomic E-state index is 0.0714. The van der Waals surface area contributed by atoms with Gasteiger partial charge in [-0.2, -0.15) is 0 Å². The van der Waals surface area contributed by atoms with Gasteiger partial charge in [0.1, 0.15) is 0 Å². The molecule has 0 aromatic carbocycles. The molecule has 0 aromatic rings. The fourth-order valence-corrected chi connectivity index (χ4v) is 2.25. The second-order valence-corrected chi connectivity index (χ2v) is 4.79. The van der Waals surface area contributed by atoms with Gasteiger partial charge in [0.25, 0.3) is 0 Å². The van der Waals surface area contributed by atoms with E-state index in [1.165, 1.54) is 19.3 Å². The molecule has 88 valence electrons. The highest BCUT2D eigenvalue weighted by molar-refractivity contribution is 4.78. The molecule has 2 heteroatoms. The maximum absolute atomic E-state index is 9.80. The molecule has 2 nitrogen and oxygen atoms in total. The zero-order valence-corrected chi connectivity index (χ0v) is 9.91. The van der Waals surface area contributed by atoms with Gasteiger partial charge in [0, 0.05) is 12.6 Å². The first-order chi connectivity index (χ1) is 7.24. The summed E-state index contributed by atoms with van der Waals surface area (Å²) in [6.07, 6.45) is 8.77. The fourth-order valence-electron chi connectivity index (χ4n) is 2.25. The molecule has 15 heavy (non-hydrogen) atoms. The fraction of sp³-hybridized carbons (Fsp3) is 0.846. The van der Waals surface area contributed by atoms with E-state index < -0.39 is 0 Å². The monoisotopic (exact) mass is 211 g/mol. The number of nitrogens with one attached hydrogen (secondary N) is 1. The molecule has 1 aliphatic rings. The summed E-state index contributed by atoms with van der Waals surface area (Å²) in [4.78, 5) is 0. The first kappa shape index (κ1) is 12.7. The zero-order valence-electron chi connectivity index (χ0n) is 9.91. The lowest BCUT2D eigenvalue weighted by molar-refractivity contribution is 0.0683. The van der Waals surface area contributed by atoms with E-state index >= 15 is 0 Å². The Morgan fingerprint density at radius 3 is 2.87 bits per heavy atom. The quantitative estimate of drug-likeness (QED) is 0.662. The Labute approximate surface area is 93.8 Å². The summed E-state index contributed by atoms with van der Waals surface area (Å²) in [5, 5.41) is 13.3. The lowest BCUT2D eigenvalue weighted by Crippen LogP contribution is -2.37. The minimum atomic E-state index is -0.0714. The smallest absolute Gasteiger partial charge is 0.0580 e. The van der Waals surface area contributed by atoms with Crippen LogP contribution in [0, 0.1) is 5.92 Å². The van der Waals surface area contributed by atoms with Crippen LogP contribution in [0.5, 0.6) is 0 Å². The highest BCUT2D eigenvalue weighted by Gasteiger charge is 2.22. The molecule has 1 rings (SSSR count). The SMILES string of the molecule is C=CCCC(C)NCC1CCCCC1O. The summed E-state index contributed by atoms with van der Waals surface area (Å²) in [5.41, 5.74) is 0. The number of aliphatic hydroxyl groups excluding tert-OH is 1. The largest absolute Gasteiger partial charge is 0.393 e. The molecule has 0 aliphatic heterocycles. The molecule has 3 unspecified atom stereocenters. The normalized spacial score (nSPS) is 28.7. The van der Waals surface area contributed by atoms with E-state index in [0.29, 0.717) is 12.0 Å². The first-order valence-corrected chi connectivity index (χ1v) is 6.26. The predicted molar refractivity (Wildman–Crippen MR) is 64.9 cm³/mol. The van der Waals surface area contributed by atoms with Crippen LogP contribution in [0.15, 0.2) is 12.7 Å². The summed E-state index contributed by atoms with van der Waals surface area (Å²) in [6.45, 7) is 6.91. The van der Waals surface area contributed by atoms with E-state index in [1.54, 1.807) is 0 Å². The third-order valence-corrected chi connectivity index (χ3v) is 3.40. The Morgan fingerprint density at radius 2 is 2.20 bits per heavy atom. The molecule has 0 amide bonds. The van der Waals surface area contributed by atoms with Crippen LogP contribution >= 0.6 is 0 Å². The van der Waals surface area contributed by atoms with Crippen LogP contribution in [-0.2, 0) is 0 Å². The van der Waals surface area contributed by atoms with Gasteiger partial charge in [-0.25, -0.2) is 0 Å². The topological polar surface area (TPSA) is 32.3 Å². The lowest BCUT2D eigenvalue weighted by atomic mass is 9.86. The van der Waals surface area contributed by atoms with Gasteiger partial charge >= 0.3 is 0 Å². The Hall–Kier alpha value is -0.340. The van der Waals surface area contributed by atoms with Crippen molar-refractivity contribution in [1.82, 2.24) is 5.32 Å². The molecule has 0 aromatic heterocycles. The van der Waals surface area contributed by atoms with Crippen LogP contribution in [0.1, 0.15) is 45.4 Å². The Bertz CT molecular complexity index is 181. The van der Waals surface area contributed by atoms with Gasteiger partial charge in [0.2, 0.25) is 0 Å². The summed E-state index contributed by atoms with van der Waals surface area (Å²) < 4.78 is 0. The minimum Gasteiger partial charge on any atom is -0.393 e. The van der Waals surface area contributed by atoms with E-state index in [9.17, 15) is 5.11 Å². The Morgan fingerprint density at radius 1 is 1.47 bits per heavy atom. The molecule has 2 N–H and O–H groups in total. The van der Waals surface area contributed by atoms with E-state index in [2.05, 4.69) is 18.8 Å². The summed E-state index contributed by atoms with van der Waals surface area (Å²) in [7, 11) is 0. The number of rotatable bonds is 6. The van der Waals surface area contributed by atoms with Crippen LogP contribution in [0.3, 0.4) is 0 Å². The highest BCUT2D eigenvalue weighted by atomic mass is 16.3. The zero-order chi connectivity index (χ0) is 11.1. The predicted octanol–water partition coefficient (Wildman–Crippen LogP) is 2.48. The van der Waals surface area contributed by atoms with Gasteiger partial charge in [-0.1, -0.05) is 18.9 Å². The molecule has 0 saturated heterocycles. The summed E-state index contributed by atoms with van der Waals surface area (Å²) >= 11 is 0. The second-order valence-electron chi connectivity index (χ2n) is 4.79. The van der Waals surface area contributed by atoms with Crippen LogP contribution in [0.2, 0.25) is 0 Å². The average molecular weight is 211 g/mol. The number of allylic oxidation sites excluding steroid dienone is 1. The molecule has 0 spiro atoms. The molecule has 0 heterocycles. The maximum atomic E-state index is 9.80. The van der Waals surface area contributed by atoms with Crippen LogP contribution in [-0.4, -0.2) is 23.8 Å². The van der Waals surface area contributed by atoms with Crippen molar-refractivity contribution in [2.75, 3.05) is 6.54 Å². The van der Waals surface area contributed by atoms with Crippen molar-refractivity contribution < 1.29 is 5.11 Å². The van der Waals surface area contributed by atoms with Gasteiger partial charge in [-0.3, -0.25) is 0 Å². The molecular formula is C13H25NO. The van der Waals surface area contributed by atoms with Crippen molar-refractivity contribution in [3.63, 3.8) is 0 Å². The molecular weight excluding hydrogens is 186 g/mol.